The van der Waals surface area contributed by atoms with Crippen molar-refractivity contribution in [3.63, 3.8) is 0 Å². The Balaban J connectivity index is 0.00000320. The van der Waals surface area contributed by atoms with Crippen LogP contribution < -0.4 is 0 Å². The van der Waals surface area contributed by atoms with Crippen LogP contribution in [0.15, 0.2) is 29.4 Å². The van der Waals surface area contributed by atoms with Crippen LogP contribution in [0, 0.1) is 17.3 Å². The fourth-order valence-electron chi connectivity index (χ4n) is 5.02. The Morgan fingerprint density at radius 1 is 1.17 bits per heavy atom. The van der Waals surface area contributed by atoms with Crippen molar-refractivity contribution in [3.05, 3.63) is 35.4 Å². The molecule has 166 valence electrons. The van der Waals surface area contributed by atoms with Crippen molar-refractivity contribution in [2.24, 2.45) is 22.4 Å². The summed E-state index contributed by atoms with van der Waals surface area (Å²) in [5.74, 6) is -0.268. The lowest BCUT2D eigenvalue weighted by Gasteiger charge is -2.46. The van der Waals surface area contributed by atoms with Crippen LogP contribution in [-0.4, -0.2) is 46.4 Å². The van der Waals surface area contributed by atoms with E-state index in [1.807, 2.05) is 11.8 Å². The molecule has 1 aromatic carbocycles. The summed E-state index contributed by atoms with van der Waals surface area (Å²) >= 11 is 0. The van der Waals surface area contributed by atoms with Gasteiger partial charge in [0.15, 0.2) is 0 Å². The standard InChI is InChI=1S/C23H32N2O4.ClH/c1-2-19(22(27)28)15-17-7-9-23(10-8-17)11-13-25(14-12-23)21(26)20-5-3-18(4-6-20)16-24-29;/h3-6,16-17,19,29H,2,7-15H2,1H3,(H,27,28);1H. The van der Waals surface area contributed by atoms with E-state index in [0.717, 1.165) is 63.6 Å². The lowest BCUT2D eigenvalue weighted by atomic mass is 9.64. The van der Waals surface area contributed by atoms with Gasteiger partial charge in [0, 0.05) is 18.7 Å². The molecule has 0 bridgehead atoms. The number of halogens is 1. The molecule has 1 spiro atoms. The summed E-state index contributed by atoms with van der Waals surface area (Å²) in [5, 5.41) is 20.9. The van der Waals surface area contributed by atoms with Gasteiger partial charge < -0.3 is 15.2 Å². The van der Waals surface area contributed by atoms with Gasteiger partial charge in [-0.3, -0.25) is 9.59 Å². The van der Waals surface area contributed by atoms with E-state index in [1.54, 1.807) is 24.3 Å². The van der Waals surface area contributed by atoms with E-state index >= 15 is 0 Å². The highest BCUT2D eigenvalue weighted by atomic mass is 35.5. The zero-order valence-corrected chi connectivity index (χ0v) is 18.4. The number of carboxylic acids is 1. The molecule has 2 fully saturated rings. The lowest BCUT2D eigenvalue weighted by Crippen LogP contribution is -2.44. The minimum Gasteiger partial charge on any atom is -0.481 e. The molecule has 30 heavy (non-hydrogen) atoms. The summed E-state index contributed by atoms with van der Waals surface area (Å²) in [7, 11) is 0. The van der Waals surface area contributed by atoms with Crippen LogP contribution in [0.25, 0.3) is 0 Å². The van der Waals surface area contributed by atoms with Crippen molar-refractivity contribution in [3.8, 4) is 0 Å². The second kappa shape index (κ2) is 10.8. The molecule has 7 heteroatoms. The highest BCUT2D eigenvalue weighted by molar-refractivity contribution is 5.95. The van der Waals surface area contributed by atoms with E-state index in [4.69, 9.17) is 5.21 Å². The summed E-state index contributed by atoms with van der Waals surface area (Å²) in [6, 6.07) is 7.11. The monoisotopic (exact) mass is 436 g/mol. The highest BCUT2D eigenvalue weighted by Gasteiger charge is 2.39. The van der Waals surface area contributed by atoms with Crippen LogP contribution in [0.2, 0.25) is 0 Å². The molecule has 3 rings (SSSR count). The SMILES string of the molecule is CCC(CC1CCC2(CC1)CCN(C(=O)c1ccc(C=NO)cc1)CC2)C(=O)O.Cl. The van der Waals surface area contributed by atoms with Gasteiger partial charge in [-0.25, -0.2) is 0 Å². The molecule has 1 amide bonds. The van der Waals surface area contributed by atoms with Crippen molar-refractivity contribution in [2.75, 3.05) is 13.1 Å². The maximum Gasteiger partial charge on any atom is 0.306 e. The Morgan fingerprint density at radius 2 is 1.77 bits per heavy atom. The number of benzene rings is 1. The van der Waals surface area contributed by atoms with Crippen molar-refractivity contribution < 1.29 is 19.9 Å². The van der Waals surface area contributed by atoms with Crippen molar-refractivity contribution >= 4 is 30.5 Å². The zero-order chi connectivity index (χ0) is 20.9. The van der Waals surface area contributed by atoms with Crippen LogP contribution in [0.4, 0.5) is 0 Å². The second-order valence-electron chi connectivity index (χ2n) is 8.78. The van der Waals surface area contributed by atoms with Gasteiger partial charge in [0.1, 0.15) is 0 Å². The molecular weight excluding hydrogens is 404 g/mol. The van der Waals surface area contributed by atoms with Gasteiger partial charge >= 0.3 is 5.97 Å². The first kappa shape index (κ1) is 24.2. The molecule has 1 aliphatic carbocycles. The Morgan fingerprint density at radius 3 is 2.27 bits per heavy atom. The van der Waals surface area contributed by atoms with Crippen molar-refractivity contribution in [2.45, 2.75) is 58.3 Å². The Kier molecular flexibility index (Phi) is 8.71. The molecule has 1 aliphatic heterocycles. The van der Waals surface area contributed by atoms with Gasteiger partial charge in [-0.15, -0.1) is 12.4 Å². The Hall–Kier alpha value is -2.08. The molecule has 0 aromatic heterocycles. The number of amides is 1. The fourth-order valence-corrected chi connectivity index (χ4v) is 5.02. The van der Waals surface area contributed by atoms with Crippen LogP contribution in [0.3, 0.4) is 0 Å². The van der Waals surface area contributed by atoms with E-state index in [0.29, 0.717) is 23.3 Å². The minimum atomic E-state index is -0.656. The molecule has 2 aliphatic rings. The highest BCUT2D eigenvalue weighted by Crippen LogP contribution is 2.47. The average molecular weight is 437 g/mol. The largest absolute Gasteiger partial charge is 0.481 e. The molecule has 1 aromatic rings. The quantitative estimate of drug-likeness (QED) is 0.379. The number of carbonyl (C=O) groups excluding carboxylic acids is 1. The van der Waals surface area contributed by atoms with E-state index in [-0.39, 0.29) is 24.2 Å². The predicted octanol–water partition coefficient (Wildman–Crippen LogP) is 4.83. The molecule has 1 unspecified atom stereocenters. The number of hydrogen-bond acceptors (Lipinski definition) is 4. The normalized spacial score (nSPS) is 20.1. The number of rotatable bonds is 6. The van der Waals surface area contributed by atoms with Gasteiger partial charge in [-0.1, -0.05) is 24.2 Å². The van der Waals surface area contributed by atoms with Gasteiger partial charge in [0.05, 0.1) is 12.1 Å². The number of piperidine rings is 1. The number of oxime groups is 1. The van der Waals surface area contributed by atoms with Crippen LogP contribution >= 0.6 is 12.4 Å². The minimum absolute atomic E-state index is 0. The average Bonchev–Trinajstić information content (AvgIpc) is 2.74. The maximum atomic E-state index is 12.8. The number of aliphatic carboxylic acids is 1. The van der Waals surface area contributed by atoms with Gasteiger partial charge in [-0.2, -0.15) is 0 Å². The van der Waals surface area contributed by atoms with Crippen molar-refractivity contribution in [1.29, 1.82) is 0 Å². The fraction of sp³-hybridized carbons (Fsp3) is 0.609. The first-order valence-corrected chi connectivity index (χ1v) is 10.8. The molecule has 1 heterocycles. The summed E-state index contributed by atoms with van der Waals surface area (Å²) < 4.78 is 0. The third-order valence-corrected chi connectivity index (χ3v) is 7.10. The summed E-state index contributed by atoms with van der Waals surface area (Å²) in [4.78, 5) is 26.1. The second-order valence-corrected chi connectivity index (χ2v) is 8.78. The van der Waals surface area contributed by atoms with Crippen LogP contribution in [0.5, 0.6) is 0 Å². The lowest BCUT2D eigenvalue weighted by molar-refractivity contribution is -0.142. The van der Waals surface area contributed by atoms with Crippen LogP contribution in [0.1, 0.15) is 74.2 Å². The topological polar surface area (TPSA) is 90.2 Å². The molecule has 1 saturated carbocycles. The van der Waals surface area contributed by atoms with E-state index < -0.39 is 5.97 Å². The molecule has 2 N–H and O–H groups in total. The van der Waals surface area contributed by atoms with Gasteiger partial charge in [0.2, 0.25) is 0 Å². The van der Waals surface area contributed by atoms with E-state index in [2.05, 4.69) is 5.16 Å². The number of carboxylic acid groups (broad SMARTS) is 1. The maximum absolute atomic E-state index is 12.8. The summed E-state index contributed by atoms with van der Waals surface area (Å²) in [6.07, 6.45) is 9.49. The first-order chi connectivity index (χ1) is 14.0. The number of nitrogens with zero attached hydrogens (tertiary/aromatic N) is 2. The molecule has 1 saturated heterocycles. The number of hydrogen-bond donors (Lipinski definition) is 2. The molecule has 0 radical (unpaired) electrons. The number of carbonyl (C=O) groups is 2. The number of likely N-dealkylation sites (tertiary alicyclic amines) is 1. The first-order valence-electron chi connectivity index (χ1n) is 10.8. The predicted molar refractivity (Wildman–Crippen MR) is 119 cm³/mol. The summed E-state index contributed by atoms with van der Waals surface area (Å²) in [6.45, 7) is 3.54. The molecular formula is C23H33ClN2O4. The smallest absolute Gasteiger partial charge is 0.306 e. The third kappa shape index (κ3) is 5.75. The van der Waals surface area contributed by atoms with Gasteiger partial charge in [-0.05, 0) is 80.4 Å². The zero-order valence-electron chi connectivity index (χ0n) is 17.6. The van der Waals surface area contributed by atoms with E-state index in [1.165, 1.54) is 6.21 Å². The molecule has 6 nitrogen and oxygen atoms in total. The third-order valence-electron chi connectivity index (χ3n) is 7.10. The van der Waals surface area contributed by atoms with Crippen molar-refractivity contribution in [1.82, 2.24) is 4.90 Å². The van der Waals surface area contributed by atoms with Crippen LogP contribution in [-0.2, 0) is 4.79 Å². The Bertz CT molecular complexity index is 732. The summed E-state index contributed by atoms with van der Waals surface area (Å²) in [5.41, 5.74) is 1.75. The van der Waals surface area contributed by atoms with Gasteiger partial charge in [0.25, 0.3) is 5.91 Å². The van der Waals surface area contributed by atoms with E-state index in [9.17, 15) is 14.7 Å². The Labute approximate surface area is 184 Å². The molecule has 1 atom stereocenters.